The standard InChI is InChI=1S/C12H14BrN3O2S2/c1-8-7-19-10(6-14-2)12(8)20(17,18)16-11-4-3-9(13)5-15-11/h3-5,7,14H,6H2,1-2H3,(H,15,16). The Hall–Kier alpha value is -0.960. The molecule has 0 bridgehead atoms. The van der Waals surface area contributed by atoms with Crippen LogP contribution in [-0.4, -0.2) is 20.4 Å². The highest BCUT2D eigenvalue weighted by molar-refractivity contribution is 9.10. The Labute approximate surface area is 130 Å². The lowest BCUT2D eigenvalue weighted by molar-refractivity contribution is 0.599. The van der Waals surface area contributed by atoms with Gasteiger partial charge >= 0.3 is 0 Å². The van der Waals surface area contributed by atoms with Crippen molar-refractivity contribution >= 4 is 43.1 Å². The van der Waals surface area contributed by atoms with Gasteiger partial charge in [-0.25, -0.2) is 13.4 Å². The van der Waals surface area contributed by atoms with E-state index in [4.69, 9.17) is 0 Å². The number of nitrogens with one attached hydrogen (secondary N) is 2. The summed E-state index contributed by atoms with van der Waals surface area (Å²) in [5.74, 6) is 0.300. The molecule has 0 unspecified atom stereocenters. The van der Waals surface area contributed by atoms with Gasteiger partial charge in [0.15, 0.2) is 0 Å². The van der Waals surface area contributed by atoms with Crippen molar-refractivity contribution in [3.63, 3.8) is 0 Å². The van der Waals surface area contributed by atoms with Crippen LogP contribution in [0.1, 0.15) is 10.4 Å². The fourth-order valence-corrected chi connectivity index (χ4v) is 4.82. The summed E-state index contributed by atoms with van der Waals surface area (Å²) in [4.78, 5) is 5.15. The van der Waals surface area contributed by atoms with E-state index in [1.807, 2.05) is 5.38 Å². The zero-order chi connectivity index (χ0) is 14.8. The summed E-state index contributed by atoms with van der Waals surface area (Å²) in [6.07, 6.45) is 1.55. The Morgan fingerprint density at radius 1 is 1.40 bits per heavy atom. The highest BCUT2D eigenvalue weighted by Gasteiger charge is 2.23. The molecule has 0 aliphatic rings. The Morgan fingerprint density at radius 3 is 2.75 bits per heavy atom. The molecule has 0 aliphatic heterocycles. The smallest absolute Gasteiger partial charge is 0.264 e. The van der Waals surface area contributed by atoms with Crippen LogP contribution < -0.4 is 10.0 Å². The number of nitrogens with zero attached hydrogens (tertiary/aromatic N) is 1. The fourth-order valence-electron chi connectivity index (χ4n) is 1.76. The lowest BCUT2D eigenvalue weighted by Crippen LogP contribution is -2.17. The summed E-state index contributed by atoms with van der Waals surface area (Å²) in [5, 5.41) is 4.82. The largest absolute Gasteiger partial charge is 0.315 e. The molecule has 0 saturated heterocycles. The Balaban J connectivity index is 2.35. The molecule has 5 nitrogen and oxygen atoms in total. The number of anilines is 1. The number of thiophene rings is 1. The van der Waals surface area contributed by atoms with Crippen molar-refractivity contribution < 1.29 is 8.42 Å². The molecule has 2 rings (SSSR count). The third-order valence-corrected chi connectivity index (χ3v) is 5.85. The lowest BCUT2D eigenvalue weighted by Gasteiger charge is -2.09. The molecule has 0 radical (unpaired) electrons. The Morgan fingerprint density at radius 2 is 2.15 bits per heavy atom. The number of hydrogen-bond acceptors (Lipinski definition) is 5. The Kier molecular flexibility index (Phi) is 4.79. The molecule has 0 amide bonds. The maximum Gasteiger partial charge on any atom is 0.264 e. The second-order valence-electron chi connectivity index (χ2n) is 4.17. The Bertz CT molecular complexity index is 696. The van der Waals surface area contributed by atoms with Crippen LogP contribution in [0.2, 0.25) is 0 Å². The van der Waals surface area contributed by atoms with E-state index in [0.29, 0.717) is 17.3 Å². The van der Waals surface area contributed by atoms with E-state index >= 15 is 0 Å². The summed E-state index contributed by atoms with van der Waals surface area (Å²) < 4.78 is 28.3. The molecule has 0 saturated carbocycles. The predicted octanol–water partition coefficient (Wildman–Crippen LogP) is 2.73. The molecular formula is C12H14BrN3O2S2. The van der Waals surface area contributed by atoms with Crippen LogP contribution in [-0.2, 0) is 16.6 Å². The van der Waals surface area contributed by atoms with Crippen LogP contribution in [0.15, 0.2) is 33.1 Å². The van der Waals surface area contributed by atoms with E-state index in [9.17, 15) is 8.42 Å². The second-order valence-corrected chi connectivity index (χ2v) is 7.67. The van der Waals surface area contributed by atoms with E-state index in [-0.39, 0.29) is 0 Å². The number of sulfonamides is 1. The van der Waals surface area contributed by atoms with Crippen molar-refractivity contribution in [1.82, 2.24) is 10.3 Å². The topological polar surface area (TPSA) is 71.1 Å². The minimum atomic E-state index is -3.62. The van der Waals surface area contributed by atoms with E-state index in [1.54, 1.807) is 32.3 Å². The molecule has 0 aliphatic carbocycles. The quantitative estimate of drug-likeness (QED) is 0.842. The molecule has 108 valence electrons. The minimum absolute atomic E-state index is 0.300. The molecule has 0 fully saturated rings. The maximum absolute atomic E-state index is 12.5. The van der Waals surface area contributed by atoms with E-state index in [2.05, 4.69) is 31.0 Å². The van der Waals surface area contributed by atoms with Crippen molar-refractivity contribution in [3.05, 3.63) is 38.6 Å². The van der Waals surface area contributed by atoms with Gasteiger partial charge in [-0.2, -0.15) is 0 Å². The van der Waals surface area contributed by atoms with Gasteiger partial charge in [-0.1, -0.05) is 0 Å². The highest BCUT2D eigenvalue weighted by atomic mass is 79.9. The van der Waals surface area contributed by atoms with Gasteiger partial charge < -0.3 is 5.32 Å². The average Bonchev–Trinajstić information content (AvgIpc) is 2.74. The van der Waals surface area contributed by atoms with Crippen LogP contribution >= 0.6 is 27.3 Å². The van der Waals surface area contributed by atoms with Crippen molar-refractivity contribution in [3.8, 4) is 0 Å². The van der Waals surface area contributed by atoms with Gasteiger partial charge in [-0.15, -0.1) is 11.3 Å². The van der Waals surface area contributed by atoms with Gasteiger partial charge in [-0.05, 0) is 53.0 Å². The van der Waals surface area contributed by atoms with Gasteiger partial charge in [0.05, 0.1) is 0 Å². The summed E-state index contributed by atoms with van der Waals surface area (Å²) in [5.41, 5.74) is 0.741. The molecule has 20 heavy (non-hydrogen) atoms. The normalized spacial score (nSPS) is 11.6. The molecule has 2 aromatic heterocycles. The predicted molar refractivity (Wildman–Crippen MR) is 84.6 cm³/mol. The summed E-state index contributed by atoms with van der Waals surface area (Å²) in [6, 6.07) is 3.35. The molecular weight excluding hydrogens is 362 g/mol. The van der Waals surface area contributed by atoms with Crippen molar-refractivity contribution in [1.29, 1.82) is 0 Å². The number of halogens is 1. The zero-order valence-corrected chi connectivity index (χ0v) is 14.2. The first kappa shape index (κ1) is 15.4. The molecule has 2 aromatic rings. The van der Waals surface area contributed by atoms with Crippen LogP contribution in [0.5, 0.6) is 0 Å². The SMILES string of the molecule is CNCc1scc(C)c1S(=O)(=O)Nc1ccc(Br)cn1. The second kappa shape index (κ2) is 6.21. The number of aromatic nitrogens is 1. The number of pyridine rings is 1. The van der Waals surface area contributed by atoms with Crippen molar-refractivity contribution in [2.45, 2.75) is 18.4 Å². The van der Waals surface area contributed by atoms with Crippen LogP contribution in [0, 0.1) is 6.92 Å². The molecule has 2 N–H and O–H groups in total. The minimum Gasteiger partial charge on any atom is -0.315 e. The van der Waals surface area contributed by atoms with E-state index < -0.39 is 10.0 Å². The highest BCUT2D eigenvalue weighted by Crippen LogP contribution is 2.28. The average molecular weight is 376 g/mol. The van der Waals surface area contributed by atoms with Crippen molar-refractivity contribution in [2.75, 3.05) is 11.8 Å². The number of hydrogen-bond donors (Lipinski definition) is 2. The first-order valence-electron chi connectivity index (χ1n) is 5.80. The zero-order valence-electron chi connectivity index (χ0n) is 11.0. The third-order valence-electron chi connectivity index (χ3n) is 2.56. The van der Waals surface area contributed by atoms with Gasteiger partial charge in [0.1, 0.15) is 10.7 Å². The maximum atomic E-state index is 12.5. The summed E-state index contributed by atoms with van der Waals surface area (Å²) >= 11 is 4.69. The van der Waals surface area contributed by atoms with E-state index in [1.165, 1.54) is 11.3 Å². The van der Waals surface area contributed by atoms with Crippen molar-refractivity contribution in [2.24, 2.45) is 0 Å². The van der Waals surface area contributed by atoms with E-state index in [0.717, 1.165) is 14.9 Å². The van der Waals surface area contributed by atoms with Crippen LogP contribution in [0.3, 0.4) is 0 Å². The van der Waals surface area contributed by atoms with Gasteiger partial charge in [-0.3, -0.25) is 4.72 Å². The van der Waals surface area contributed by atoms with Gasteiger partial charge in [0.25, 0.3) is 10.0 Å². The van der Waals surface area contributed by atoms with Gasteiger partial charge in [0, 0.05) is 22.1 Å². The van der Waals surface area contributed by atoms with Crippen LogP contribution in [0.4, 0.5) is 5.82 Å². The first-order valence-corrected chi connectivity index (χ1v) is 8.95. The molecule has 8 heteroatoms. The van der Waals surface area contributed by atoms with Gasteiger partial charge in [0.2, 0.25) is 0 Å². The van der Waals surface area contributed by atoms with Crippen LogP contribution in [0.25, 0.3) is 0 Å². The lowest BCUT2D eigenvalue weighted by atomic mass is 10.3. The molecule has 0 spiro atoms. The number of rotatable bonds is 5. The molecule has 2 heterocycles. The summed E-state index contributed by atoms with van der Waals surface area (Å²) in [6.45, 7) is 2.31. The fraction of sp³-hybridized carbons (Fsp3) is 0.250. The molecule has 0 aromatic carbocycles. The monoisotopic (exact) mass is 375 g/mol. The number of aryl methyl sites for hydroxylation is 1. The molecule has 0 atom stereocenters. The summed E-state index contributed by atoms with van der Waals surface area (Å²) in [7, 11) is -1.84. The third kappa shape index (κ3) is 3.38. The first-order chi connectivity index (χ1) is 9.44.